The van der Waals surface area contributed by atoms with Crippen LogP contribution in [0.3, 0.4) is 0 Å². The maximum Gasteiger partial charge on any atom is 0.414 e. The van der Waals surface area contributed by atoms with Crippen molar-refractivity contribution in [2.45, 2.75) is 38.8 Å². The van der Waals surface area contributed by atoms with E-state index in [0.29, 0.717) is 32.5 Å². The van der Waals surface area contributed by atoms with Crippen LogP contribution >= 0.6 is 0 Å². The van der Waals surface area contributed by atoms with Crippen molar-refractivity contribution >= 4 is 28.7 Å². The number of imidazole rings is 1. The van der Waals surface area contributed by atoms with Crippen LogP contribution in [0.1, 0.15) is 23.5 Å². The van der Waals surface area contributed by atoms with Crippen LogP contribution in [-0.4, -0.2) is 56.5 Å². The molecule has 10 nitrogen and oxygen atoms in total. The van der Waals surface area contributed by atoms with Crippen LogP contribution in [0.5, 0.6) is 0 Å². The van der Waals surface area contributed by atoms with Crippen molar-refractivity contribution in [1.29, 1.82) is 0 Å². The standard InChI is InChI=1S/C26H29N7O3/c1-36-26(35)32-16-4-7-20-21(32)8-9-22-25(20)30-23(11-17-31-15-5-13-29-31)33(22)18-24(34)28-14-10-19-6-2-3-12-27-19/h2-3,5-6,8-9,12-13,15H,4,7,10-11,14,16-18H2,1H3,(H,28,34). The van der Waals surface area contributed by atoms with E-state index in [-0.39, 0.29) is 18.5 Å². The predicted octanol–water partition coefficient (Wildman–Crippen LogP) is 2.75. The highest BCUT2D eigenvalue weighted by Gasteiger charge is 2.27. The first-order chi connectivity index (χ1) is 17.6. The van der Waals surface area contributed by atoms with E-state index in [1.165, 1.54) is 7.11 Å². The average Bonchev–Trinajstić information content (AvgIpc) is 3.55. The van der Waals surface area contributed by atoms with E-state index in [0.717, 1.165) is 46.6 Å². The Labute approximate surface area is 208 Å². The SMILES string of the molecule is COC(=O)N1CCCc2c1ccc1c2nc(CCn2cccn2)n1CC(=O)NCCc1ccccn1. The van der Waals surface area contributed by atoms with E-state index in [4.69, 9.17) is 9.72 Å². The van der Waals surface area contributed by atoms with Gasteiger partial charge >= 0.3 is 6.09 Å². The summed E-state index contributed by atoms with van der Waals surface area (Å²) in [5, 5.41) is 7.30. The monoisotopic (exact) mass is 487 g/mol. The molecule has 5 rings (SSSR count). The molecule has 1 aromatic carbocycles. The van der Waals surface area contributed by atoms with Gasteiger partial charge < -0.3 is 14.6 Å². The van der Waals surface area contributed by atoms with Crippen molar-refractivity contribution in [3.63, 3.8) is 0 Å². The van der Waals surface area contributed by atoms with Crippen molar-refractivity contribution in [1.82, 2.24) is 29.6 Å². The number of ether oxygens (including phenoxy) is 1. The van der Waals surface area contributed by atoms with E-state index in [9.17, 15) is 9.59 Å². The third-order valence-corrected chi connectivity index (χ3v) is 6.43. The lowest BCUT2D eigenvalue weighted by Crippen LogP contribution is -2.35. The molecular weight excluding hydrogens is 458 g/mol. The van der Waals surface area contributed by atoms with Gasteiger partial charge in [-0.1, -0.05) is 6.07 Å². The summed E-state index contributed by atoms with van der Waals surface area (Å²) >= 11 is 0. The maximum atomic E-state index is 12.9. The largest absolute Gasteiger partial charge is 0.452 e. The van der Waals surface area contributed by atoms with Crippen LogP contribution in [0.25, 0.3) is 11.0 Å². The Hall–Kier alpha value is -4.21. The number of carbonyl (C=O) groups excluding carboxylic acids is 2. The second kappa shape index (κ2) is 10.6. The third-order valence-electron chi connectivity index (χ3n) is 6.43. The van der Waals surface area contributed by atoms with Crippen molar-refractivity contribution in [3.05, 3.63) is 72.1 Å². The summed E-state index contributed by atoms with van der Waals surface area (Å²) in [6.45, 7) is 1.92. The molecule has 4 aromatic rings. The van der Waals surface area contributed by atoms with Gasteiger partial charge in [0.2, 0.25) is 5.91 Å². The molecule has 36 heavy (non-hydrogen) atoms. The number of benzene rings is 1. The zero-order valence-electron chi connectivity index (χ0n) is 20.3. The van der Waals surface area contributed by atoms with Crippen LogP contribution in [0.4, 0.5) is 10.5 Å². The highest BCUT2D eigenvalue weighted by molar-refractivity contribution is 5.95. The lowest BCUT2D eigenvalue weighted by Gasteiger charge is -2.28. The Morgan fingerprint density at radius 3 is 2.81 bits per heavy atom. The van der Waals surface area contributed by atoms with E-state index in [2.05, 4.69) is 15.4 Å². The summed E-state index contributed by atoms with van der Waals surface area (Å²) in [5.74, 6) is 0.725. The van der Waals surface area contributed by atoms with Gasteiger partial charge in [0.25, 0.3) is 0 Å². The number of rotatable bonds is 8. The lowest BCUT2D eigenvalue weighted by molar-refractivity contribution is -0.121. The summed E-state index contributed by atoms with van der Waals surface area (Å²) in [4.78, 5) is 36.2. The fourth-order valence-corrected chi connectivity index (χ4v) is 4.71. The van der Waals surface area contributed by atoms with Gasteiger partial charge in [-0.25, -0.2) is 9.78 Å². The Balaban J connectivity index is 1.41. The van der Waals surface area contributed by atoms with Gasteiger partial charge in [0.1, 0.15) is 12.4 Å². The third kappa shape index (κ3) is 4.93. The molecule has 0 bridgehead atoms. The number of nitrogens with zero attached hydrogens (tertiary/aromatic N) is 6. The number of aryl methyl sites for hydroxylation is 3. The minimum absolute atomic E-state index is 0.0838. The molecule has 1 N–H and O–H groups in total. The summed E-state index contributed by atoms with van der Waals surface area (Å²) in [6.07, 6.45) is 7.96. The smallest absolute Gasteiger partial charge is 0.414 e. The molecule has 0 saturated carbocycles. The van der Waals surface area contributed by atoms with Crippen molar-refractivity contribution in [2.75, 3.05) is 25.1 Å². The van der Waals surface area contributed by atoms with E-state index >= 15 is 0 Å². The van der Waals surface area contributed by atoms with Gasteiger partial charge in [0, 0.05) is 62.3 Å². The predicted molar refractivity (Wildman–Crippen MR) is 135 cm³/mol. The number of pyridine rings is 1. The topological polar surface area (TPSA) is 107 Å². The quantitative estimate of drug-likeness (QED) is 0.410. The van der Waals surface area contributed by atoms with Gasteiger partial charge in [-0.3, -0.25) is 19.4 Å². The van der Waals surface area contributed by atoms with Crippen molar-refractivity contribution in [2.24, 2.45) is 0 Å². The number of anilines is 1. The van der Waals surface area contributed by atoms with Crippen molar-refractivity contribution in [3.8, 4) is 0 Å². The lowest BCUT2D eigenvalue weighted by atomic mass is 10.0. The fourth-order valence-electron chi connectivity index (χ4n) is 4.71. The van der Waals surface area contributed by atoms with E-state index in [1.807, 2.05) is 51.8 Å². The fraction of sp³-hybridized carbons (Fsp3) is 0.346. The molecule has 186 valence electrons. The molecule has 1 aliphatic rings. The zero-order chi connectivity index (χ0) is 24.9. The first kappa shape index (κ1) is 23.5. The molecule has 0 spiro atoms. The van der Waals surface area contributed by atoms with Crippen LogP contribution < -0.4 is 10.2 Å². The number of nitrogens with one attached hydrogen (secondary N) is 1. The molecule has 1 aliphatic heterocycles. The summed E-state index contributed by atoms with van der Waals surface area (Å²) in [7, 11) is 1.39. The zero-order valence-corrected chi connectivity index (χ0v) is 20.3. The van der Waals surface area contributed by atoms with Gasteiger partial charge in [-0.15, -0.1) is 0 Å². The molecule has 2 amide bonds. The molecule has 0 fully saturated rings. The number of carbonyl (C=O) groups is 2. The summed E-state index contributed by atoms with van der Waals surface area (Å²) in [6, 6.07) is 11.5. The van der Waals surface area contributed by atoms with E-state index in [1.54, 1.807) is 17.3 Å². The number of hydrogen-bond acceptors (Lipinski definition) is 6. The number of methoxy groups -OCH3 is 1. The average molecular weight is 488 g/mol. The first-order valence-electron chi connectivity index (χ1n) is 12.1. The van der Waals surface area contributed by atoms with Gasteiger partial charge in [-0.2, -0.15) is 5.10 Å². The minimum Gasteiger partial charge on any atom is -0.452 e. The van der Waals surface area contributed by atoms with Crippen LogP contribution in [-0.2, 0) is 41.9 Å². The Kier molecular flexibility index (Phi) is 6.92. The number of aromatic nitrogens is 5. The molecule has 0 saturated heterocycles. The number of hydrogen-bond donors (Lipinski definition) is 1. The second-order valence-electron chi connectivity index (χ2n) is 8.71. The highest BCUT2D eigenvalue weighted by atomic mass is 16.5. The van der Waals surface area contributed by atoms with Gasteiger partial charge in [0.05, 0.1) is 23.8 Å². The first-order valence-corrected chi connectivity index (χ1v) is 12.1. The molecule has 4 heterocycles. The minimum atomic E-state index is -0.374. The Morgan fingerprint density at radius 1 is 1.11 bits per heavy atom. The van der Waals surface area contributed by atoms with Crippen LogP contribution in [0.15, 0.2) is 55.0 Å². The van der Waals surface area contributed by atoms with Gasteiger partial charge in [-0.05, 0) is 43.2 Å². The summed E-state index contributed by atoms with van der Waals surface area (Å²) < 4.78 is 8.81. The molecule has 0 unspecified atom stereocenters. The highest BCUT2D eigenvalue weighted by Crippen LogP contribution is 2.34. The molecule has 0 radical (unpaired) electrons. The van der Waals surface area contributed by atoms with Gasteiger partial charge in [0.15, 0.2) is 0 Å². The normalized spacial score (nSPS) is 13.0. The molecule has 3 aromatic heterocycles. The van der Waals surface area contributed by atoms with Crippen molar-refractivity contribution < 1.29 is 14.3 Å². The maximum absolute atomic E-state index is 12.9. The Morgan fingerprint density at radius 2 is 2.03 bits per heavy atom. The van der Waals surface area contributed by atoms with E-state index < -0.39 is 0 Å². The molecule has 0 aliphatic carbocycles. The van der Waals surface area contributed by atoms with Crippen LogP contribution in [0.2, 0.25) is 0 Å². The summed E-state index contributed by atoms with van der Waals surface area (Å²) in [5.41, 5.74) is 4.49. The second-order valence-corrected chi connectivity index (χ2v) is 8.71. The van der Waals surface area contributed by atoms with Crippen LogP contribution in [0, 0.1) is 0 Å². The molecular formula is C26H29N7O3. The number of fused-ring (bicyclic) bond motifs is 3. The number of amides is 2. The molecule has 10 heteroatoms. The Bertz CT molecular complexity index is 1350. The molecule has 0 atom stereocenters.